The van der Waals surface area contributed by atoms with E-state index in [-0.39, 0.29) is 5.78 Å². The number of halogens is 1. The lowest BCUT2D eigenvalue weighted by Crippen LogP contribution is -2.39. The Hall–Kier alpha value is -2.19. The van der Waals surface area contributed by atoms with Gasteiger partial charge in [0.05, 0.1) is 24.3 Å². The molecule has 0 unspecified atom stereocenters. The molecule has 0 spiro atoms. The fraction of sp³-hybridized carbons (Fsp3) is 0.400. The Morgan fingerprint density at radius 2 is 1.91 bits per heavy atom. The number of ketones is 1. The maximum Gasteiger partial charge on any atom is 0.232 e. The Bertz CT molecular complexity index is 1060. The van der Waals surface area contributed by atoms with Crippen LogP contribution in [0.1, 0.15) is 33.5 Å². The van der Waals surface area contributed by atoms with E-state index >= 15 is 0 Å². The smallest absolute Gasteiger partial charge is 0.232 e. The summed E-state index contributed by atoms with van der Waals surface area (Å²) in [6.45, 7) is 8.89. The summed E-state index contributed by atoms with van der Waals surface area (Å²) >= 11 is 3.55. The van der Waals surface area contributed by atoms with Crippen LogP contribution in [0.15, 0.2) is 40.6 Å². The molecule has 3 aliphatic heterocycles. The van der Waals surface area contributed by atoms with Crippen LogP contribution in [0.25, 0.3) is 6.08 Å². The van der Waals surface area contributed by atoms with Crippen LogP contribution in [0.4, 0.5) is 0 Å². The lowest BCUT2D eigenvalue weighted by Gasteiger charge is -2.31. The lowest BCUT2D eigenvalue weighted by molar-refractivity contribution is 0.0329. The molecule has 6 nitrogen and oxygen atoms in total. The third kappa shape index (κ3) is 4.35. The Balaban J connectivity index is 1.33. The van der Waals surface area contributed by atoms with Crippen molar-refractivity contribution in [3.8, 4) is 11.5 Å². The monoisotopic (exact) mass is 498 g/mol. The highest BCUT2D eigenvalue weighted by Crippen LogP contribution is 2.44. The molecule has 5 rings (SSSR count). The van der Waals surface area contributed by atoms with Gasteiger partial charge in [-0.05, 0) is 49.2 Å². The zero-order valence-electron chi connectivity index (χ0n) is 18.2. The van der Waals surface area contributed by atoms with Crippen LogP contribution in [0.5, 0.6) is 11.5 Å². The molecule has 0 N–H and O–H groups in total. The summed E-state index contributed by atoms with van der Waals surface area (Å²) in [4.78, 5) is 17.9. The summed E-state index contributed by atoms with van der Waals surface area (Å²) in [6.07, 6.45) is 2.88. The topological polar surface area (TPSA) is 51.2 Å². The maximum absolute atomic E-state index is 13.2. The van der Waals surface area contributed by atoms with Crippen LogP contribution in [0, 0.1) is 6.92 Å². The molecule has 32 heavy (non-hydrogen) atoms. The molecule has 1 fully saturated rings. The highest BCUT2D eigenvalue weighted by Gasteiger charge is 2.35. The van der Waals surface area contributed by atoms with Crippen molar-refractivity contribution in [3.63, 3.8) is 0 Å². The van der Waals surface area contributed by atoms with Crippen LogP contribution in [0.2, 0.25) is 0 Å². The standard InChI is InChI=1S/C25H27BrN2O4/c1-17-13-21-19(15-28(16-31-21)8-4-7-27-9-11-30-12-10-27)25-23(17)24(29)22(32-25)14-18-5-2-3-6-20(18)26/h2-3,5-6,13-14H,4,7-12,15-16H2,1H3/b22-14-. The minimum Gasteiger partial charge on any atom is -0.478 e. The molecule has 0 bridgehead atoms. The summed E-state index contributed by atoms with van der Waals surface area (Å²) in [6, 6.07) is 9.78. The maximum atomic E-state index is 13.2. The van der Waals surface area contributed by atoms with E-state index in [1.165, 1.54) is 0 Å². The molecule has 0 radical (unpaired) electrons. The Kier molecular flexibility index (Phi) is 6.33. The van der Waals surface area contributed by atoms with Gasteiger partial charge in [0.25, 0.3) is 0 Å². The lowest BCUT2D eigenvalue weighted by atomic mass is 9.98. The molecule has 0 aromatic heterocycles. The number of allylic oxidation sites excluding steroid dienone is 1. The van der Waals surface area contributed by atoms with Gasteiger partial charge >= 0.3 is 0 Å². The molecule has 0 amide bonds. The number of fused-ring (bicyclic) bond motifs is 3. The van der Waals surface area contributed by atoms with Crippen LogP contribution in [0.3, 0.4) is 0 Å². The van der Waals surface area contributed by atoms with E-state index in [0.717, 1.165) is 79.3 Å². The van der Waals surface area contributed by atoms with Crippen molar-refractivity contribution < 1.29 is 19.0 Å². The van der Waals surface area contributed by atoms with E-state index < -0.39 is 0 Å². The summed E-state index contributed by atoms with van der Waals surface area (Å²) in [7, 11) is 0. The Morgan fingerprint density at radius 1 is 1.12 bits per heavy atom. The van der Waals surface area contributed by atoms with Crippen molar-refractivity contribution in [2.45, 2.75) is 19.9 Å². The molecular weight excluding hydrogens is 472 g/mol. The van der Waals surface area contributed by atoms with Gasteiger partial charge in [-0.3, -0.25) is 14.6 Å². The van der Waals surface area contributed by atoms with Crippen molar-refractivity contribution in [2.24, 2.45) is 0 Å². The molecule has 7 heteroatoms. The number of carbonyl (C=O) groups is 1. The van der Waals surface area contributed by atoms with Gasteiger partial charge in [0.2, 0.25) is 5.78 Å². The number of nitrogens with zero attached hydrogens (tertiary/aromatic N) is 2. The van der Waals surface area contributed by atoms with Crippen LogP contribution in [-0.4, -0.2) is 61.7 Å². The van der Waals surface area contributed by atoms with E-state index in [1.807, 2.05) is 43.3 Å². The first-order valence-corrected chi connectivity index (χ1v) is 11.9. The predicted octanol–water partition coefficient (Wildman–Crippen LogP) is 4.25. The van der Waals surface area contributed by atoms with Crippen LogP contribution < -0.4 is 9.47 Å². The second kappa shape index (κ2) is 9.35. The number of hydrogen-bond donors (Lipinski definition) is 0. The minimum absolute atomic E-state index is 0.0690. The number of benzene rings is 2. The van der Waals surface area contributed by atoms with Crippen molar-refractivity contribution in [1.82, 2.24) is 9.80 Å². The van der Waals surface area contributed by atoms with E-state index in [1.54, 1.807) is 0 Å². The van der Waals surface area contributed by atoms with Gasteiger partial charge in [0.1, 0.15) is 18.2 Å². The number of rotatable bonds is 5. The molecule has 0 atom stereocenters. The average molecular weight is 499 g/mol. The van der Waals surface area contributed by atoms with E-state index in [2.05, 4.69) is 25.7 Å². The van der Waals surface area contributed by atoms with Crippen LogP contribution >= 0.6 is 15.9 Å². The molecule has 2 aromatic rings. The van der Waals surface area contributed by atoms with E-state index in [0.29, 0.717) is 23.8 Å². The molecule has 168 valence electrons. The largest absolute Gasteiger partial charge is 0.478 e. The number of aryl methyl sites for hydroxylation is 1. The third-order valence-corrected chi connectivity index (χ3v) is 6.95. The van der Waals surface area contributed by atoms with Crippen molar-refractivity contribution in [3.05, 3.63) is 62.8 Å². The second-order valence-corrected chi connectivity index (χ2v) is 9.32. The fourth-order valence-electron chi connectivity index (χ4n) is 4.50. The third-order valence-electron chi connectivity index (χ3n) is 6.23. The quantitative estimate of drug-likeness (QED) is 0.574. The molecule has 1 saturated heterocycles. The summed E-state index contributed by atoms with van der Waals surface area (Å²) in [5.41, 5.74) is 3.42. The number of ether oxygens (including phenoxy) is 3. The minimum atomic E-state index is -0.0690. The average Bonchev–Trinajstić information content (AvgIpc) is 3.13. The van der Waals surface area contributed by atoms with E-state index in [9.17, 15) is 4.79 Å². The highest BCUT2D eigenvalue weighted by atomic mass is 79.9. The molecule has 0 saturated carbocycles. The molecule has 2 aromatic carbocycles. The van der Waals surface area contributed by atoms with Crippen molar-refractivity contribution in [1.29, 1.82) is 0 Å². The molecular formula is C25H27BrN2O4. The zero-order chi connectivity index (χ0) is 22.1. The first-order chi connectivity index (χ1) is 15.6. The first kappa shape index (κ1) is 21.6. The highest BCUT2D eigenvalue weighted by molar-refractivity contribution is 9.10. The van der Waals surface area contributed by atoms with Crippen molar-refractivity contribution in [2.75, 3.05) is 46.1 Å². The van der Waals surface area contributed by atoms with Gasteiger partial charge < -0.3 is 14.2 Å². The fourth-order valence-corrected chi connectivity index (χ4v) is 4.89. The van der Waals surface area contributed by atoms with Gasteiger partial charge in [0, 0.05) is 30.7 Å². The number of hydrogen-bond acceptors (Lipinski definition) is 6. The number of morpholine rings is 1. The number of Topliss-reactive ketones (excluding diaryl/α,β-unsaturated/α-hetero) is 1. The summed E-state index contributed by atoms with van der Waals surface area (Å²) in [5, 5.41) is 0. The Morgan fingerprint density at radius 3 is 2.72 bits per heavy atom. The molecule has 3 heterocycles. The van der Waals surface area contributed by atoms with Crippen molar-refractivity contribution >= 4 is 27.8 Å². The van der Waals surface area contributed by atoms with E-state index in [4.69, 9.17) is 14.2 Å². The second-order valence-electron chi connectivity index (χ2n) is 8.47. The van der Waals surface area contributed by atoms with Gasteiger partial charge in [-0.25, -0.2) is 0 Å². The summed E-state index contributed by atoms with van der Waals surface area (Å²) < 4.78 is 18.6. The van der Waals surface area contributed by atoms with Gasteiger partial charge in [0.15, 0.2) is 5.76 Å². The Labute approximate surface area is 196 Å². The molecule has 3 aliphatic rings. The predicted molar refractivity (Wildman–Crippen MR) is 126 cm³/mol. The van der Waals surface area contributed by atoms with Gasteiger partial charge in [-0.1, -0.05) is 34.1 Å². The van der Waals surface area contributed by atoms with Crippen LogP contribution in [-0.2, 0) is 11.3 Å². The normalized spacial score (nSPS) is 20.1. The summed E-state index contributed by atoms with van der Waals surface area (Å²) in [5.74, 6) is 1.76. The van der Waals surface area contributed by atoms with Gasteiger partial charge in [-0.15, -0.1) is 0 Å². The van der Waals surface area contributed by atoms with Gasteiger partial charge in [-0.2, -0.15) is 0 Å². The molecule has 0 aliphatic carbocycles. The zero-order valence-corrected chi connectivity index (χ0v) is 19.8. The number of carbonyl (C=O) groups excluding carboxylic acids is 1. The first-order valence-electron chi connectivity index (χ1n) is 11.1. The SMILES string of the molecule is Cc1cc2c(c3c1C(=O)/C(=C/c1ccccc1Br)O3)CN(CCCN1CCOCC1)CO2.